The molecule has 1 aliphatic heterocycles. The van der Waals surface area contributed by atoms with E-state index in [1.165, 1.54) is 11.4 Å². The van der Waals surface area contributed by atoms with E-state index in [4.69, 9.17) is 0 Å². The number of methoxy groups -OCH3 is 1. The topological polar surface area (TPSA) is 97.2 Å². The van der Waals surface area contributed by atoms with Gasteiger partial charge in [-0.1, -0.05) is 17.7 Å². The number of piperazine rings is 1. The van der Waals surface area contributed by atoms with Crippen LogP contribution >= 0.6 is 0 Å². The maximum absolute atomic E-state index is 12.9. The van der Waals surface area contributed by atoms with Gasteiger partial charge in [0.25, 0.3) is 5.91 Å². The molecule has 1 fully saturated rings. The molecule has 1 aliphatic rings. The summed E-state index contributed by atoms with van der Waals surface area (Å²) >= 11 is 0. The summed E-state index contributed by atoms with van der Waals surface area (Å²) in [4.78, 5) is 24.5. The van der Waals surface area contributed by atoms with Gasteiger partial charge in [-0.15, -0.1) is 0 Å². The van der Waals surface area contributed by atoms with E-state index in [0.717, 1.165) is 16.0 Å². The molecule has 156 valence electrons. The minimum Gasteiger partial charge on any atom is -0.469 e. The minimum atomic E-state index is -3.51. The molecule has 1 saturated heterocycles. The molecule has 1 aromatic carbocycles. The Morgan fingerprint density at radius 3 is 2.50 bits per heavy atom. The van der Waals surface area contributed by atoms with E-state index in [9.17, 15) is 18.0 Å². The molecular formula is C19H30N3O5S+. The zero-order valence-electron chi connectivity index (χ0n) is 16.8. The van der Waals surface area contributed by atoms with Crippen LogP contribution in [0.15, 0.2) is 23.1 Å². The number of quaternary nitrogens is 1. The number of hydrogen-bond acceptors (Lipinski definition) is 5. The Morgan fingerprint density at radius 2 is 1.89 bits per heavy atom. The van der Waals surface area contributed by atoms with Gasteiger partial charge in [-0.05, 0) is 31.9 Å². The summed E-state index contributed by atoms with van der Waals surface area (Å²) in [5, 5.41) is 2.79. The number of hydrogen-bond donors (Lipinski definition) is 2. The molecule has 2 rings (SSSR count). The highest BCUT2D eigenvalue weighted by Gasteiger charge is 2.31. The van der Waals surface area contributed by atoms with Crippen LogP contribution in [0.25, 0.3) is 0 Å². The summed E-state index contributed by atoms with van der Waals surface area (Å²) < 4.78 is 31.9. The molecule has 0 spiro atoms. The second kappa shape index (κ2) is 9.99. The third-order valence-corrected chi connectivity index (χ3v) is 6.95. The average Bonchev–Trinajstić information content (AvgIpc) is 2.65. The van der Waals surface area contributed by atoms with Crippen LogP contribution in [-0.4, -0.2) is 71.0 Å². The Bertz CT molecular complexity index is 802. The Hall–Kier alpha value is -1.97. The highest BCUT2D eigenvalue weighted by molar-refractivity contribution is 7.89. The van der Waals surface area contributed by atoms with Crippen molar-refractivity contribution in [2.24, 2.45) is 0 Å². The van der Waals surface area contributed by atoms with Crippen molar-refractivity contribution in [3.05, 3.63) is 29.3 Å². The second-order valence-electron chi connectivity index (χ2n) is 7.13. The second-order valence-corrected chi connectivity index (χ2v) is 9.04. The van der Waals surface area contributed by atoms with Crippen molar-refractivity contribution in [1.29, 1.82) is 0 Å². The van der Waals surface area contributed by atoms with Gasteiger partial charge in [-0.3, -0.25) is 9.59 Å². The molecule has 1 aromatic rings. The molecule has 1 heterocycles. The number of carbonyl (C=O) groups is 2. The molecule has 0 aliphatic carbocycles. The fourth-order valence-corrected chi connectivity index (χ4v) is 4.95. The summed E-state index contributed by atoms with van der Waals surface area (Å²) in [6.07, 6.45) is 0.814. The van der Waals surface area contributed by atoms with Gasteiger partial charge in [0.2, 0.25) is 10.0 Å². The van der Waals surface area contributed by atoms with Gasteiger partial charge >= 0.3 is 5.97 Å². The zero-order valence-corrected chi connectivity index (χ0v) is 17.6. The number of sulfonamides is 1. The first-order chi connectivity index (χ1) is 13.2. The average molecular weight is 413 g/mol. The molecule has 8 nitrogen and oxygen atoms in total. The van der Waals surface area contributed by atoms with E-state index in [0.29, 0.717) is 50.6 Å². The van der Waals surface area contributed by atoms with Crippen molar-refractivity contribution in [3.8, 4) is 0 Å². The standard InChI is InChI=1S/C19H29N3O5S/c1-15-6-7-17(16(2)13-15)28(25,26)22-11-9-21(10-12-22)14-18(23)20-8-4-5-19(24)27-3/h6-7,13H,4-5,8-12,14H2,1-3H3,(H,20,23)/p+1. The van der Waals surface area contributed by atoms with Crippen molar-refractivity contribution in [3.63, 3.8) is 0 Å². The number of amides is 1. The van der Waals surface area contributed by atoms with E-state index < -0.39 is 10.0 Å². The Morgan fingerprint density at radius 1 is 1.21 bits per heavy atom. The number of rotatable bonds is 8. The number of ether oxygens (including phenoxy) is 1. The third kappa shape index (κ3) is 6.02. The highest BCUT2D eigenvalue weighted by Crippen LogP contribution is 2.20. The smallest absolute Gasteiger partial charge is 0.305 e. The van der Waals surface area contributed by atoms with Gasteiger partial charge in [0.1, 0.15) is 0 Å². The van der Waals surface area contributed by atoms with E-state index in [-0.39, 0.29) is 18.3 Å². The van der Waals surface area contributed by atoms with Gasteiger partial charge in [-0.2, -0.15) is 4.31 Å². The van der Waals surface area contributed by atoms with E-state index in [1.54, 1.807) is 6.07 Å². The van der Waals surface area contributed by atoms with Crippen LogP contribution in [0.2, 0.25) is 0 Å². The number of aryl methyl sites for hydroxylation is 2. The molecule has 0 radical (unpaired) electrons. The predicted octanol–water partition coefficient (Wildman–Crippen LogP) is -0.738. The Kier molecular flexibility index (Phi) is 7.97. The van der Waals surface area contributed by atoms with Crippen LogP contribution < -0.4 is 10.2 Å². The Labute approximate surface area is 166 Å². The maximum atomic E-state index is 12.9. The first kappa shape index (κ1) is 22.3. The van der Waals surface area contributed by atoms with E-state index in [1.807, 2.05) is 26.0 Å². The SMILES string of the molecule is COC(=O)CCCNC(=O)C[NH+]1CCN(S(=O)(=O)c2ccc(C)cc2C)CC1. The molecule has 2 N–H and O–H groups in total. The molecule has 0 saturated carbocycles. The van der Waals surface area contributed by atoms with Crippen molar-refractivity contribution in [2.75, 3.05) is 46.4 Å². The molecule has 28 heavy (non-hydrogen) atoms. The van der Waals surface area contributed by atoms with Gasteiger partial charge in [-0.25, -0.2) is 8.42 Å². The molecule has 0 atom stereocenters. The molecule has 9 heteroatoms. The van der Waals surface area contributed by atoms with Crippen LogP contribution in [0.1, 0.15) is 24.0 Å². The molecule has 0 unspecified atom stereocenters. The summed E-state index contributed by atoms with van der Waals surface area (Å²) in [6, 6.07) is 5.35. The fourth-order valence-electron chi connectivity index (χ4n) is 3.30. The Balaban J connectivity index is 1.80. The third-order valence-electron chi connectivity index (χ3n) is 4.90. The van der Waals surface area contributed by atoms with Gasteiger partial charge in [0.15, 0.2) is 6.54 Å². The lowest BCUT2D eigenvalue weighted by Gasteiger charge is -2.31. The van der Waals surface area contributed by atoms with Crippen LogP contribution in [0.3, 0.4) is 0 Å². The normalized spacial score (nSPS) is 16.0. The number of benzene rings is 1. The highest BCUT2D eigenvalue weighted by atomic mass is 32.2. The lowest BCUT2D eigenvalue weighted by molar-refractivity contribution is -0.895. The monoisotopic (exact) mass is 412 g/mol. The minimum absolute atomic E-state index is 0.0921. The molecule has 1 amide bonds. The van der Waals surface area contributed by atoms with Gasteiger partial charge in [0, 0.05) is 13.0 Å². The van der Waals surface area contributed by atoms with Crippen LogP contribution in [0, 0.1) is 13.8 Å². The van der Waals surface area contributed by atoms with Crippen molar-refractivity contribution in [1.82, 2.24) is 9.62 Å². The predicted molar refractivity (Wildman–Crippen MR) is 104 cm³/mol. The van der Waals surface area contributed by atoms with Crippen LogP contribution in [0.4, 0.5) is 0 Å². The van der Waals surface area contributed by atoms with Crippen molar-refractivity contribution >= 4 is 21.9 Å². The van der Waals surface area contributed by atoms with Gasteiger partial charge < -0.3 is 15.0 Å². The summed E-state index contributed by atoms with van der Waals surface area (Å²) in [7, 11) is -2.18. The quantitative estimate of drug-likeness (QED) is 0.433. The first-order valence-corrected chi connectivity index (χ1v) is 10.9. The van der Waals surface area contributed by atoms with Gasteiger partial charge in [0.05, 0.1) is 38.2 Å². The zero-order chi connectivity index (χ0) is 20.7. The van der Waals surface area contributed by atoms with E-state index in [2.05, 4.69) is 10.1 Å². The number of carbonyl (C=O) groups excluding carboxylic acids is 2. The van der Waals surface area contributed by atoms with Crippen molar-refractivity contribution < 1.29 is 27.6 Å². The van der Waals surface area contributed by atoms with Crippen molar-refractivity contribution in [2.45, 2.75) is 31.6 Å². The summed E-state index contributed by atoms with van der Waals surface area (Å²) in [6.45, 7) is 6.42. The summed E-state index contributed by atoms with van der Waals surface area (Å²) in [5.74, 6) is -0.383. The molecule has 0 aromatic heterocycles. The molecular weight excluding hydrogens is 382 g/mol. The summed E-state index contributed by atoms with van der Waals surface area (Å²) in [5.41, 5.74) is 1.78. The maximum Gasteiger partial charge on any atom is 0.305 e. The number of esters is 1. The lowest BCUT2D eigenvalue weighted by atomic mass is 10.2. The van der Waals surface area contributed by atoms with Crippen LogP contribution in [0.5, 0.6) is 0 Å². The number of nitrogens with one attached hydrogen (secondary N) is 2. The molecule has 0 bridgehead atoms. The van der Waals surface area contributed by atoms with Crippen LogP contribution in [-0.2, 0) is 24.3 Å². The number of nitrogens with zero attached hydrogens (tertiary/aromatic N) is 1. The first-order valence-electron chi connectivity index (χ1n) is 9.48. The largest absolute Gasteiger partial charge is 0.469 e. The lowest BCUT2D eigenvalue weighted by Crippen LogP contribution is -3.15. The fraction of sp³-hybridized carbons (Fsp3) is 0.579. The van der Waals surface area contributed by atoms with E-state index >= 15 is 0 Å².